The van der Waals surface area contributed by atoms with E-state index in [2.05, 4.69) is 6.58 Å². The van der Waals surface area contributed by atoms with Crippen LogP contribution in [-0.4, -0.2) is 52.8 Å². The molecule has 0 bridgehead atoms. The second-order valence-corrected chi connectivity index (χ2v) is 4.38. The summed E-state index contributed by atoms with van der Waals surface area (Å²) in [5.41, 5.74) is 0.677. The van der Waals surface area contributed by atoms with Crippen molar-refractivity contribution < 1.29 is 12.6 Å². The smallest absolute Gasteiger partial charge is 0.262 e. The van der Waals surface area contributed by atoms with Crippen molar-refractivity contribution in [2.24, 2.45) is 0 Å². The van der Waals surface area contributed by atoms with Crippen LogP contribution >= 0.6 is 0 Å². The van der Waals surface area contributed by atoms with E-state index < -0.39 is 10.1 Å². The molecule has 0 saturated carbocycles. The maximum atomic E-state index is 11.5. The second-order valence-electron chi connectivity index (χ2n) is 2.79. The van der Waals surface area contributed by atoms with Crippen molar-refractivity contribution in [2.75, 3.05) is 6.61 Å². The second kappa shape index (κ2) is 6.66. The molecule has 0 saturated heterocycles. The molecule has 0 aliphatic heterocycles. The van der Waals surface area contributed by atoms with Crippen LogP contribution in [0, 0.1) is 6.92 Å². The summed E-state index contributed by atoms with van der Waals surface area (Å²) >= 11 is 0. The van der Waals surface area contributed by atoms with Crippen LogP contribution in [0.25, 0.3) is 0 Å². The third-order valence-corrected chi connectivity index (χ3v) is 3.15. The maximum Gasteiger partial charge on any atom is 0.297 e. The molecule has 15 heavy (non-hydrogen) atoms. The Kier molecular flexibility index (Phi) is 6.71. The number of hydrogen-bond donors (Lipinski definition) is 0. The monoisotopic (exact) mass is 252 g/mol. The van der Waals surface area contributed by atoms with Gasteiger partial charge in [-0.2, -0.15) is 8.42 Å². The standard InChI is InChI=1S/C10H12O3S.Ca/c1-3-8-13-14(11,12)10-7-5-4-6-9(10)2;/h3-7H,1,8H2,2H3;. The van der Waals surface area contributed by atoms with Gasteiger partial charge >= 0.3 is 0 Å². The van der Waals surface area contributed by atoms with Crippen LogP contribution < -0.4 is 0 Å². The Morgan fingerprint density at radius 2 is 2.00 bits per heavy atom. The summed E-state index contributed by atoms with van der Waals surface area (Å²) in [5, 5.41) is 0. The summed E-state index contributed by atoms with van der Waals surface area (Å²) in [6.45, 7) is 5.11. The normalized spacial score (nSPS) is 10.5. The first kappa shape index (κ1) is 15.1. The van der Waals surface area contributed by atoms with Crippen LogP contribution in [0.5, 0.6) is 0 Å². The predicted octanol–water partition coefficient (Wildman–Crippen LogP) is 1.51. The van der Waals surface area contributed by atoms with E-state index in [1.165, 1.54) is 12.1 Å². The van der Waals surface area contributed by atoms with Gasteiger partial charge in [0.2, 0.25) is 0 Å². The van der Waals surface area contributed by atoms with E-state index in [1.807, 2.05) is 0 Å². The van der Waals surface area contributed by atoms with E-state index in [0.29, 0.717) is 5.56 Å². The van der Waals surface area contributed by atoms with Gasteiger partial charge in [0, 0.05) is 37.7 Å². The molecule has 78 valence electrons. The predicted molar refractivity (Wildman–Crippen MR) is 60.3 cm³/mol. The maximum absolute atomic E-state index is 11.5. The fraction of sp³-hybridized carbons (Fsp3) is 0.200. The van der Waals surface area contributed by atoms with Crippen molar-refractivity contribution in [3.8, 4) is 0 Å². The molecule has 0 spiro atoms. The molecule has 0 aliphatic carbocycles. The van der Waals surface area contributed by atoms with Crippen LogP contribution in [0.2, 0.25) is 0 Å². The van der Waals surface area contributed by atoms with Gasteiger partial charge in [0.15, 0.2) is 0 Å². The Morgan fingerprint density at radius 3 is 2.53 bits per heavy atom. The SMILES string of the molecule is C=CCOS(=O)(=O)c1ccccc1C.[Ca]. The fourth-order valence-electron chi connectivity index (χ4n) is 1.04. The van der Waals surface area contributed by atoms with Crippen molar-refractivity contribution >= 4 is 47.9 Å². The Hall–Kier alpha value is 0.130. The summed E-state index contributed by atoms with van der Waals surface area (Å²) in [4.78, 5) is 0.210. The average Bonchev–Trinajstić information content (AvgIpc) is 2.15. The number of aryl methyl sites for hydroxylation is 1. The molecule has 1 aromatic rings. The van der Waals surface area contributed by atoms with Gasteiger partial charge in [0.05, 0.1) is 11.5 Å². The van der Waals surface area contributed by atoms with Gasteiger partial charge in [-0.25, -0.2) is 0 Å². The van der Waals surface area contributed by atoms with E-state index >= 15 is 0 Å². The van der Waals surface area contributed by atoms with Crippen molar-refractivity contribution in [2.45, 2.75) is 11.8 Å². The van der Waals surface area contributed by atoms with Crippen molar-refractivity contribution in [1.82, 2.24) is 0 Å². The summed E-state index contributed by atoms with van der Waals surface area (Å²) in [5.74, 6) is 0. The van der Waals surface area contributed by atoms with Crippen LogP contribution in [-0.2, 0) is 14.3 Å². The number of rotatable bonds is 4. The Balaban J connectivity index is 0.00000196. The van der Waals surface area contributed by atoms with Crippen molar-refractivity contribution in [1.29, 1.82) is 0 Å². The van der Waals surface area contributed by atoms with Gasteiger partial charge in [-0.05, 0) is 18.6 Å². The molecule has 3 nitrogen and oxygen atoms in total. The quantitative estimate of drug-likeness (QED) is 0.463. The molecule has 2 radical (unpaired) electrons. The van der Waals surface area contributed by atoms with Gasteiger partial charge in [-0.1, -0.05) is 24.3 Å². The molecule has 0 atom stereocenters. The molecule has 0 aliphatic rings. The number of hydrogen-bond acceptors (Lipinski definition) is 3. The first-order valence-electron chi connectivity index (χ1n) is 4.14. The first-order chi connectivity index (χ1) is 6.58. The minimum atomic E-state index is -3.62. The van der Waals surface area contributed by atoms with E-state index in [9.17, 15) is 8.42 Å². The van der Waals surface area contributed by atoms with Gasteiger partial charge in [0.25, 0.3) is 10.1 Å². The van der Waals surface area contributed by atoms with Crippen LogP contribution in [0.1, 0.15) is 5.56 Å². The van der Waals surface area contributed by atoms with E-state index in [4.69, 9.17) is 4.18 Å². The van der Waals surface area contributed by atoms with Gasteiger partial charge in [-0.15, -0.1) is 6.58 Å². The molecule has 0 N–H and O–H groups in total. The summed E-state index contributed by atoms with van der Waals surface area (Å²) in [6, 6.07) is 6.69. The summed E-state index contributed by atoms with van der Waals surface area (Å²) in [7, 11) is -3.62. The number of benzene rings is 1. The molecule has 1 rings (SSSR count). The van der Waals surface area contributed by atoms with E-state index in [1.54, 1.807) is 25.1 Å². The average molecular weight is 252 g/mol. The van der Waals surface area contributed by atoms with Crippen LogP contribution in [0.3, 0.4) is 0 Å². The third kappa shape index (κ3) is 4.25. The Bertz CT molecular complexity index is 426. The largest absolute Gasteiger partial charge is 0.297 e. The fourth-order valence-corrected chi connectivity index (χ4v) is 2.15. The first-order valence-corrected chi connectivity index (χ1v) is 5.54. The van der Waals surface area contributed by atoms with Gasteiger partial charge < -0.3 is 0 Å². The Labute approximate surface area is 120 Å². The third-order valence-electron chi connectivity index (χ3n) is 1.70. The Morgan fingerprint density at radius 1 is 1.40 bits per heavy atom. The molecule has 5 heteroatoms. The zero-order chi connectivity index (χ0) is 10.6. The molecule has 0 aromatic heterocycles. The molecule has 0 fully saturated rings. The molecular weight excluding hydrogens is 240 g/mol. The summed E-state index contributed by atoms with van der Waals surface area (Å²) < 4.78 is 27.8. The zero-order valence-electron chi connectivity index (χ0n) is 8.64. The van der Waals surface area contributed by atoms with Crippen LogP contribution in [0.15, 0.2) is 41.8 Å². The molecule has 0 heterocycles. The molecule has 1 aromatic carbocycles. The minimum Gasteiger partial charge on any atom is -0.262 e. The molecular formula is C10H12CaO3S. The van der Waals surface area contributed by atoms with E-state index in [0.717, 1.165) is 0 Å². The molecule has 0 amide bonds. The molecule has 0 unspecified atom stereocenters. The van der Waals surface area contributed by atoms with Gasteiger partial charge in [0.1, 0.15) is 0 Å². The van der Waals surface area contributed by atoms with Crippen molar-refractivity contribution in [3.05, 3.63) is 42.5 Å². The summed E-state index contributed by atoms with van der Waals surface area (Å²) in [6.07, 6.45) is 1.40. The topological polar surface area (TPSA) is 43.4 Å². The van der Waals surface area contributed by atoms with E-state index in [-0.39, 0.29) is 49.2 Å². The minimum absolute atomic E-state index is 0. The van der Waals surface area contributed by atoms with Crippen molar-refractivity contribution in [3.63, 3.8) is 0 Å². The van der Waals surface area contributed by atoms with Gasteiger partial charge in [-0.3, -0.25) is 4.18 Å². The zero-order valence-corrected chi connectivity index (χ0v) is 11.7. The van der Waals surface area contributed by atoms with Crippen LogP contribution in [0.4, 0.5) is 0 Å².